The Morgan fingerprint density at radius 3 is 2.66 bits per heavy atom. The van der Waals surface area contributed by atoms with Crippen LogP contribution in [-0.4, -0.2) is 46.7 Å². The lowest BCUT2D eigenvalue weighted by atomic mass is 9.89. The van der Waals surface area contributed by atoms with Crippen molar-refractivity contribution in [2.45, 2.75) is 26.3 Å². The summed E-state index contributed by atoms with van der Waals surface area (Å²) in [6.45, 7) is 1.34. The first-order valence-corrected chi connectivity index (χ1v) is 11.2. The molecule has 4 rings (SSSR count). The summed E-state index contributed by atoms with van der Waals surface area (Å²) >= 11 is 0. The third-order valence-electron chi connectivity index (χ3n) is 5.78. The maximum Gasteiger partial charge on any atom is 0.273 e. The quantitative estimate of drug-likeness (QED) is 0.480. The van der Waals surface area contributed by atoms with Crippen molar-refractivity contribution in [3.63, 3.8) is 0 Å². The topological polar surface area (TPSA) is 109 Å². The fraction of sp³-hybridized carbons (Fsp3) is 0.280. The maximum atomic E-state index is 12.8. The number of rotatable bonds is 9. The Kier molecular flexibility index (Phi) is 7.39. The molecule has 0 saturated heterocycles. The summed E-state index contributed by atoms with van der Waals surface area (Å²) in [7, 11) is 1.49. The lowest BCUT2D eigenvalue weighted by Crippen LogP contribution is -2.36. The molecule has 2 amide bonds. The van der Waals surface area contributed by atoms with Crippen molar-refractivity contribution in [1.82, 2.24) is 15.2 Å². The summed E-state index contributed by atoms with van der Waals surface area (Å²) in [5.74, 6) is 0.294. The Bertz CT molecular complexity index is 1210. The molecule has 10 heteroatoms. The summed E-state index contributed by atoms with van der Waals surface area (Å²) in [5.41, 5.74) is 3.40. The van der Waals surface area contributed by atoms with Gasteiger partial charge in [0, 0.05) is 29.8 Å². The minimum absolute atomic E-state index is 0.0449. The Morgan fingerprint density at radius 1 is 1.20 bits per heavy atom. The molecule has 182 valence electrons. The molecule has 2 aromatic carbocycles. The Hall–Kier alpha value is -4.21. The van der Waals surface area contributed by atoms with Crippen molar-refractivity contribution in [3.05, 3.63) is 71.5 Å². The smallest absolute Gasteiger partial charge is 0.273 e. The van der Waals surface area contributed by atoms with Crippen LogP contribution in [0.1, 0.15) is 41.4 Å². The van der Waals surface area contributed by atoms with E-state index >= 15 is 0 Å². The van der Waals surface area contributed by atoms with Gasteiger partial charge in [-0.05, 0) is 48.4 Å². The molecule has 1 aliphatic rings. The highest BCUT2D eigenvalue weighted by Gasteiger charge is 2.29. The number of methoxy groups -OCH3 is 1. The average Bonchev–Trinajstić information content (AvgIpc) is 3.42. The number of amides is 2. The number of alkyl halides is 1. The van der Waals surface area contributed by atoms with Gasteiger partial charge < -0.3 is 14.8 Å². The number of nitrogens with zero attached hydrogens (tertiary/aromatic N) is 3. The number of aromatic amines is 1. The van der Waals surface area contributed by atoms with Crippen molar-refractivity contribution in [1.29, 1.82) is 0 Å². The Morgan fingerprint density at radius 2 is 2.00 bits per heavy atom. The second kappa shape index (κ2) is 10.8. The average molecular weight is 480 g/mol. The number of halogens is 1. The Balaban J connectivity index is 1.52. The summed E-state index contributed by atoms with van der Waals surface area (Å²) in [5, 5.41) is 15.3. The highest BCUT2D eigenvalue weighted by molar-refractivity contribution is 6.06. The standard InChI is InChI=1S/C25H26FN5O4/c1-3-17-13-23(32)31(30-24(17)18-6-9-21(35-15-26)22(12-18)34-2)14-16-4-7-19(8-5-16)28-25(33)20-10-11-27-29-20/h4-12,17H,3,13-15H2,1-2H3,(H,27,29)(H,28,33). The van der Waals surface area contributed by atoms with Gasteiger partial charge in [-0.3, -0.25) is 14.7 Å². The molecule has 1 aliphatic heterocycles. The second-order valence-electron chi connectivity index (χ2n) is 7.99. The van der Waals surface area contributed by atoms with Crippen LogP contribution < -0.4 is 14.8 Å². The second-order valence-corrected chi connectivity index (χ2v) is 7.99. The van der Waals surface area contributed by atoms with Crippen molar-refractivity contribution in [2.75, 3.05) is 19.3 Å². The van der Waals surface area contributed by atoms with Crippen molar-refractivity contribution in [2.24, 2.45) is 11.0 Å². The number of hydrazone groups is 1. The van der Waals surface area contributed by atoms with Gasteiger partial charge in [0.05, 0.1) is 19.4 Å². The first-order valence-electron chi connectivity index (χ1n) is 11.2. The predicted molar refractivity (Wildman–Crippen MR) is 128 cm³/mol. The first kappa shape index (κ1) is 23.9. The third kappa shape index (κ3) is 5.48. The number of H-pyrrole nitrogens is 1. The number of aromatic nitrogens is 2. The number of nitrogens with one attached hydrogen (secondary N) is 2. The number of benzene rings is 2. The van der Waals surface area contributed by atoms with Crippen LogP contribution >= 0.6 is 0 Å². The van der Waals surface area contributed by atoms with Crippen LogP contribution in [0.15, 0.2) is 59.8 Å². The molecule has 0 spiro atoms. The van der Waals surface area contributed by atoms with E-state index in [2.05, 4.69) is 20.6 Å². The molecule has 1 aromatic heterocycles. The molecule has 0 aliphatic carbocycles. The van der Waals surface area contributed by atoms with Gasteiger partial charge in [-0.2, -0.15) is 10.2 Å². The fourth-order valence-electron chi connectivity index (χ4n) is 3.89. The number of hydrogen-bond acceptors (Lipinski definition) is 6. The number of carbonyl (C=O) groups is 2. The van der Waals surface area contributed by atoms with Gasteiger partial charge in [-0.25, -0.2) is 9.40 Å². The molecule has 0 radical (unpaired) electrons. The molecule has 1 unspecified atom stereocenters. The van der Waals surface area contributed by atoms with E-state index in [1.54, 1.807) is 36.4 Å². The zero-order valence-corrected chi connectivity index (χ0v) is 19.5. The van der Waals surface area contributed by atoms with Gasteiger partial charge in [0.15, 0.2) is 11.5 Å². The summed E-state index contributed by atoms with van der Waals surface area (Å²) in [4.78, 5) is 25.0. The molecule has 0 saturated carbocycles. The van der Waals surface area contributed by atoms with Crippen molar-refractivity contribution < 1.29 is 23.5 Å². The minimum atomic E-state index is -0.956. The lowest BCUT2D eigenvalue weighted by Gasteiger charge is -2.29. The molecule has 0 fully saturated rings. The highest BCUT2D eigenvalue weighted by Crippen LogP contribution is 2.32. The van der Waals surface area contributed by atoms with E-state index in [1.165, 1.54) is 18.3 Å². The van der Waals surface area contributed by atoms with Crippen molar-refractivity contribution >= 4 is 23.2 Å². The zero-order valence-electron chi connectivity index (χ0n) is 19.5. The van der Waals surface area contributed by atoms with E-state index in [0.717, 1.165) is 23.3 Å². The van der Waals surface area contributed by atoms with E-state index in [-0.39, 0.29) is 24.3 Å². The van der Waals surface area contributed by atoms with Gasteiger partial charge in [0.25, 0.3) is 5.91 Å². The van der Waals surface area contributed by atoms with Gasteiger partial charge in [-0.15, -0.1) is 0 Å². The number of hydrogen-bond donors (Lipinski definition) is 2. The molecule has 3 aromatic rings. The van der Waals surface area contributed by atoms with E-state index in [1.807, 2.05) is 19.1 Å². The van der Waals surface area contributed by atoms with Crippen LogP contribution in [0.3, 0.4) is 0 Å². The largest absolute Gasteiger partial charge is 0.493 e. The molecular formula is C25H26FN5O4. The monoisotopic (exact) mass is 479 g/mol. The summed E-state index contributed by atoms with van der Waals surface area (Å²) in [6, 6.07) is 14.0. The van der Waals surface area contributed by atoms with E-state index in [0.29, 0.717) is 29.3 Å². The van der Waals surface area contributed by atoms with Gasteiger partial charge in [0.2, 0.25) is 12.8 Å². The molecule has 1 atom stereocenters. The van der Waals surface area contributed by atoms with E-state index in [4.69, 9.17) is 9.47 Å². The van der Waals surface area contributed by atoms with E-state index in [9.17, 15) is 14.0 Å². The molecular weight excluding hydrogens is 453 g/mol. The normalized spacial score (nSPS) is 15.5. The SMILES string of the molecule is CCC1CC(=O)N(Cc2ccc(NC(=O)c3ccn[nH]3)cc2)N=C1c1ccc(OCF)c(OC)c1. The summed E-state index contributed by atoms with van der Waals surface area (Å²) in [6.07, 6.45) is 2.58. The van der Waals surface area contributed by atoms with E-state index < -0.39 is 6.86 Å². The van der Waals surface area contributed by atoms with Gasteiger partial charge in [-0.1, -0.05) is 19.1 Å². The number of anilines is 1. The van der Waals surface area contributed by atoms with Crippen LogP contribution in [0.2, 0.25) is 0 Å². The molecule has 2 heterocycles. The highest BCUT2D eigenvalue weighted by atomic mass is 19.1. The molecule has 9 nitrogen and oxygen atoms in total. The lowest BCUT2D eigenvalue weighted by molar-refractivity contribution is -0.133. The van der Waals surface area contributed by atoms with Gasteiger partial charge in [0.1, 0.15) is 5.69 Å². The van der Waals surface area contributed by atoms with Crippen LogP contribution in [0.4, 0.5) is 10.1 Å². The minimum Gasteiger partial charge on any atom is -0.493 e. The molecule has 0 bridgehead atoms. The zero-order chi connectivity index (χ0) is 24.8. The number of carbonyl (C=O) groups excluding carboxylic acids is 2. The van der Waals surface area contributed by atoms with Crippen LogP contribution in [0.5, 0.6) is 11.5 Å². The first-order chi connectivity index (χ1) is 17.0. The third-order valence-corrected chi connectivity index (χ3v) is 5.78. The predicted octanol–water partition coefficient (Wildman–Crippen LogP) is 4.14. The van der Waals surface area contributed by atoms with Crippen LogP contribution in [-0.2, 0) is 11.3 Å². The maximum absolute atomic E-state index is 12.8. The number of ether oxygens (including phenoxy) is 2. The molecule has 2 N–H and O–H groups in total. The Labute approximate surface area is 201 Å². The van der Waals surface area contributed by atoms with Crippen molar-refractivity contribution in [3.8, 4) is 11.5 Å². The fourth-order valence-corrected chi connectivity index (χ4v) is 3.89. The van der Waals surface area contributed by atoms with Crippen LogP contribution in [0, 0.1) is 5.92 Å². The van der Waals surface area contributed by atoms with Gasteiger partial charge >= 0.3 is 0 Å². The molecule has 35 heavy (non-hydrogen) atoms. The van der Waals surface area contributed by atoms with Crippen LogP contribution in [0.25, 0.3) is 0 Å². The summed E-state index contributed by atoms with van der Waals surface area (Å²) < 4.78 is 23.0.